The van der Waals surface area contributed by atoms with E-state index in [1.165, 1.54) is 0 Å². The number of imidazole rings is 1. The molecule has 8 heteroatoms. The zero-order valence-electron chi connectivity index (χ0n) is 17.5. The molecule has 166 valence electrons. The molecule has 0 fully saturated rings. The largest absolute Gasteiger partial charge is 0.503 e. The van der Waals surface area contributed by atoms with Crippen LogP contribution in [0.15, 0.2) is 89.1 Å². The number of hydrogen-bond donors (Lipinski definition) is 1. The molecule has 5 rings (SSSR count). The summed E-state index contributed by atoms with van der Waals surface area (Å²) in [7, 11) is 0. The number of hydrogen-bond acceptors (Lipinski definition) is 5. The van der Waals surface area contributed by atoms with E-state index in [2.05, 4.69) is 27.6 Å². The number of para-hydroxylation sites is 1. The molecular weight excluding hydrogens is 533 g/mol. The summed E-state index contributed by atoms with van der Waals surface area (Å²) in [4.78, 5) is 32.2. The van der Waals surface area contributed by atoms with Crippen LogP contribution in [0.2, 0.25) is 0 Å². The van der Waals surface area contributed by atoms with E-state index in [9.17, 15) is 14.7 Å². The van der Waals surface area contributed by atoms with Crippen LogP contribution in [0.1, 0.15) is 28.6 Å². The standard InChI is InChI=1S/C25H20IN3O4/c26-18-8-6-16(7-9-18)22-21(23(30)20-14-17-4-1-2-5-19(17)33-20)24(31)25(32)29(22)12-3-11-28-13-10-27-15-28/h1-2,4-10,13-15,22,31H,3,11-12H2. The van der Waals surface area contributed by atoms with Crippen molar-refractivity contribution in [2.75, 3.05) is 6.54 Å². The minimum Gasteiger partial charge on any atom is -0.503 e. The van der Waals surface area contributed by atoms with Gasteiger partial charge in [0.05, 0.1) is 17.9 Å². The molecular formula is C25H20IN3O4. The normalized spacial score (nSPS) is 16.2. The van der Waals surface area contributed by atoms with Crippen LogP contribution in [0, 0.1) is 3.57 Å². The van der Waals surface area contributed by atoms with Crippen LogP contribution in [-0.4, -0.2) is 37.8 Å². The number of fused-ring (bicyclic) bond motifs is 1. The van der Waals surface area contributed by atoms with Gasteiger partial charge in [0.25, 0.3) is 5.91 Å². The lowest BCUT2D eigenvalue weighted by molar-refractivity contribution is -0.129. The zero-order chi connectivity index (χ0) is 22.9. The predicted molar refractivity (Wildman–Crippen MR) is 131 cm³/mol. The summed E-state index contributed by atoms with van der Waals surface area (Å²) in [6, 6.07) is 15.9. The lowest BCUT2D eigenvalue weighted by Gasteiger charge is -2.26. The molecule has 33 heavy (non-hydrogen) atoms. The van der Waals surface area contributed by atoms with E-state index < -0.39 is 23.5 Å². The molecule has 0 saturated heterocycles. The zero-order valence-corrected chi connectivity index (χ0v) is 19.7. The lowest BCUT2D eigenvalue weighted by atomic mass is 9.95. The molecule has 2 aromatic carbocycles. The van der Waals surface area contributed by atoms with E-state index in [0.717, 1.165) is 14.5 Å². The molecule has 7 nitrogen and oxygen atoms in total. The van der Waals surface area contributed by atoms with Gasteiger partial charge in [-0.25, -0.2) is 4.98 Å². The summed E-state index contributed by atoms with van der Waals surface area (Å²) < 4.78 is 8.72. The molecule has 0 saturated carbocycles. The number of halogens is 1. The van der Waals surface area contributed by atoms with Crippen LogP contribution < -0.4 is 0 Å². The van der Waals surface area contributed by atoms with Crippen molar-refractivity contribution in [1.82, 2.24) is 14.5 Å². The maximum atomic E-state index is 13.5. The second-order valence-corrected chi connectivity index (χ2v) is 9.09. The summed E-state index contributed by atoms with van der Waals surface area (Å²) >= 11 is 2.20. The van der Waals surface area contributed by atoms with Crippen molar-refractivity contribution in [2.45, 2.75) is 19.0 Å². The molecule has 1 N–H and O–H groups in total. The summed E-state index contributed by atoms with van der Waals surface area (Å²) in [5, 5.41) is 11.6. The Labute approximate surface area is 203 Å². The van der Waals surface area contributed by atoms with Crippen molar-refractivity contribution in [3.05, 3.63) is 99.5 Å². The third kappa shape index (κ3) is 4.06. The highest BCUT2D eigenvalue weighted by atomic mass is 127. The third-order valence-electron chi connectivity index (χ3n) is 5.76. The molecule has 0 radical (unpaired) electrons. The van der Waals surface area contributed by atoms with Gasteiger partial charge in [-0.2, -0.15) is 0 Å². The first-order valence-electron chi connectivity index (χ1n) is 10.5. The number of Topliss-reactive ketones (excluding diaryl/α,β-unsaturated/α-hetero) is 1. The summed E-state index contributed by atoms with van der Waals surface area (Å²) in [5.41, 5.74) is 1.38. The van der Waals surface area contributed by atoms with E-state index in [1.807, 2.05) is 53.2 Å². The van der Waals surface area contributed by atoms with Gasteiger partial charge in [0, 0.05) is 34.4 Å². The first kappa shape index (κ1) is 21.4. The second-order valence-electron chi connectivity index (χ2n) is 7.85. The second kappa shape index (κ2) is 8.86. The lowest BCUT2D eigenvalue weighted by Crippen LogP contribution is -2.32. The number of carbonyl (C=O) groups excluding carboxylic acids is 2. The number of aliphatic hydroxyl groups excluding tert-OH is 1. The Bertz CT molecular complexity index is 1320. The fourth-order valence-electron chi connectivity index (χ4n) is 4.18. The molecule has 0 spiro atoms. The molecule has 3 heterocycles. The highest BCUT2D eigenvalue weighted by molar-refractivity contribution is 14.1. The molecule has 1 amide bonds. The number of furan rings is 1. The molecule has 0 bridgehead atoms. The van der Waals surface area contributed by atoms with E-state index in [4.69, 9.17) is 4.42 Å². The van der Waals surface area contributed by atoms with Gasteiger partial charge in [0.2, 0.25) is 5.78 Å². The first-order valence-corrected chi connectivity index (χ1v) is 11.6. The van der Waals surface area contributed by atoms with Crippen LogP contribution >= 0.6 is 22.6 Å². The number of amides is 1. The molecule has 0 aliphatic carbocycles. The van der Waals surface area contributed by atoms with Gasteiger partial charge < -0.3 is 19.0 Å². The van der Waals surface area contributed by atoms with Crippen molar-refractivity contribution >= 4 is 45.3 Å². The molecule has 1 aliphatic rings. The van der Waals surface area contributed by atoms with E-state index >= 15 is 0 Å². The summed E-state index contributed by atoms with van der Waals surface area (Å²) in [6.45, 7) is 1.03. The smallest absolute Gasteiger partial charge is 0.290 e. The van der Waals surface area contributed by atoms with Crippen molar-refractivity contribution in [3.8, 4) is 0 Å². The summed E-state index contributed by atoms with van der Waals surface area (Å²) in [6.07, 6.45) is 5.92. The van der Waals surface area contributed by atoms with Crippen LogP contribution in [0.3, 0.4) is 0 Å². The van der Waals surface area contributed by atoms with Gasteiger partial charge in [-0.15, -0.1) is 0 Å². The van der Waals surface area contributed by atoms with Crippen molar-refractivity contribution in [3.63, 3.8) is 0 Å². The number of nitrogens with zero attached hydrogens (tertiary/aromatic N) is 3. The third-order valence-corrected chi connectivity index (χ3v) is 6.48. The average molecular weight is 553 g/mol. The number of benzene rings is 2. The van der Waals surface area contributed by atoms with E-state index in [1.54, 1.807) is 29.6 Å². The maximum absolute atomic E-state index is 13.5. The minimum atomic E-state index is -0.696. The maximum Gasteiger partial charge on any atom is 0.290 e. The molecule has 1 atom stereocenters. The number of ketones is 1. The SMILES string of the molecule is O=C(C1=C(O)C(=O)N(CCCn2ccnc2)C1c1ccc(I)cc1)c1cc2ccccc2o1. The molecule has 2 aromatic heterocycles. The van der Waals surface area contributed by atoms with Gasteiger partial charge in [0.1, 0.15) is 5.58 Å². The van der Waals surface area contributed by atoms with Crippen LogP contribution in [0.5, 0.6) is 0 Å². The number of aromatic nitrogens is 2. The highest BCUT2D eigenvalue weighted by Gasteiger charge is 2.44. The predicted octanol–water partition coefficient (Wildman–Crippen LogP) is 4.90. The molecule has 4 aromatic rings. The molecule has 1 aliphatic heterocycles. The summed E-state index contributed by atoms with van der Waals surface area (Å²) in [5.74, 6) is -1.46. The topological polar surface area (TPSA) is 88.6 Å². The fraction of sp³-hybridized carbons (Fsp3) is 0.160. The van der Waals surface area contributed by atoms with Gasteiger partial charge in [-0.05, 0) is 58.8 Å². The van der Waals surface area contributed by atoms with E-state index in [-0.39, 0.29) is 11.3 Å². The monoisotopic (exact) mass is 553 g/mol. The highest BCUT2D eigenvalue weighted by Crippen LogP contribution is 2.39. The Morgan fingerprint density at radius 3 is 2.64 bits per heavy atom. The number of carbonyl (C=O) groups is 2. The Morgan fingerprint density at radius 1 is 1.12 bits per heavy atom. The number of rotatable bonds is 7. The van der Waals surface area contributed by atoms with Gasteiger partial charge in [0.15, 0.2) is 11.5 Å². The van der Waals surface area contributed by atoms with Gasteiger partial charge in [-0.3, -0.25) is 9.59 Å². The average Bonchev–Trinajstić information content (AvgIpc) is 3.54. The van der Waals surface area contributed by atoms with Crippen molar-refractivity contribution in [1.29, 1.82) is 0 Å². The number of aliphatic hydroxyl groups is 1. The van der Waals surface area contributed by atoms with Crippen LogP contribution in [-0.2, 0) is 11.3 Å². The van der Waals surface area contributed by atoms with E-state index in [0.29, 0.717) is 25.1 Å². The minimum absolute atomic E-state index is 0.0443. The van der Waals surface area contributed by atoms with Gasteiger partial charge in [-0.1, -0.05) is 30.3 Å². The fourth-order valence-corrected chi connectivity index (χ4v) is 4.54. The quantitative estimate of drug-likeness (QED) is 0.260. The Morgan fingerprint density at radius 2 is 1.91 bits per heavy atom. The molecule has 1 unspecified atom stereocenters. The van der Waals surface area contributed by atoms with Crippen LogP contribution in [0.4, 0.5) is 0 Å². The Hall–Kier alpha value is -3.40. The first-order chi connectivity index (χ1) is 16.0. The van der Waals surface area contributed by atoms with Crippen molar-refractivity contribution in [2.24, 2.45) is 0 Å². The Balaban J connectivity index is 1.50. The van der Waals surface area contributed by atoms with Crippen molar-refractivity contribution < 1.29 is 19.1 Å². The van der Waals surface area contributed by atoms with Gasteiger partial charge >= 0.3 is 0 Å². The van der Waals surface area contributed by atoms with Crippen LogP contribution in [0.25, 0.3) is 11.0 Å². The Kier molecular flexibility index (Phi) is 5.76. The number of aryl methyl sites for hydroxylation is 1.